The molecule has 94 valence electrons. The third-order valence-electron chi connectivity index (χ3n) is 3.31. The quantitative estimate of drug-likeness (QED) is 0.806. The standard InChI is InChI=1S/C11H18ClN5/c1-16(2)8-3-5-17(6-4-8)11-9(13)10(12)14-7-15-11/h7-8H,3-6,13H2,1-2H3. The third kappa shape index (κ3) is 2.61. The van der Waals surface area contributed by atoms with Gasteiger partial charge in [0.1, 0.15) is 12.0 Å². The van der Waals surface area contributed by atoms with Crippen LogP contribution < -0.4 is 10.6 Å². The molecule has 1 saturated heterocycles. The minimum Gasteiger partial charge on any atom is -0.393 e. The molecule has 6 heteroatoms. The largest absolute Gasteiger partial charge is 0.393 e. The Morgan fingerprint density at radius 1 is 1.35 bits per heavy atom. The van der Waals surface area contributed by atoms with Gasteiger partial charge in [-0.15, -0.1) is 0 Å². The van der Waals surface area contributed by atoms with Crippen LogP contribution in [0.15, 0.2) is 6.33 Å². The van der Waals surface area contributed by atoms with Gasteiger partial charge in [0.25, 0.3) is 0 Å². The van der Waals surface area contributed by atoms with Crippen molar-refractivity contribution >= 4 is 23.1 Å². The molecule has 0 bridgehead atoms. The number of rotatable bonds is 2. The van der Waals surface area contributed by atoms with Crippen molar-refractivity contribution < 1.29 is 0 Å². The lowest BCUT2D eigenvalue weighted by atomic mass is 10.0. The minimum atomic E-state index is 0.338. The molecule has 0 atom stereocenters. The van der Waals surface area contributed by atoms with Crippen LogP contribution in [0, 0.1) is 0 Å². The van der Waals surface area contributed by atoms with Crippen molar-refractivity contribution in [1.82, 2.24) is 14.9 Å². The number of nitrogen functional groups attached to an aromatic ring is 1. The number of halogens is 1. The maximum atomic E-state index is 5.90. The predicted molar refractivity (Wildman–Crippen MR) is 70.4 cm³/mol. The van der Waals surface area contributed by atoms with E-state index in [1.807, 2.05) is 0 Å². The Hall–Kier alpha value is -1.07. The molecule has 1 aliphatic rings. The Morgan fingerprint density at radius 2 is 2.00 bits per heavy atom. The molecule has 1 aliphatic heterocycles. The highest BCUT2D eigenvalue weighted by atomic mass is 35.5. The van der Waals surface area contributed by atoms with Crippen molar-refractivity contribution in [2.75, 3.05) is 37.8 Å². The second-order valence-electron chi connectivity index (χ2n) is 4.58. The summed E-state index contributed by atoms with van der Waals surface area (Å²) in [6.07, 6.45) is 3.70. The van der Waals surface area contributed by atoms with Crippen molar-refractivity contribution in [2.45, 2.75) is 18.9 Å². The zero-order valence-electron chi connectivity index (χ0n) is 10.2. The number of nitrogens with two attached hydrogens (primary N) is 1. The highest BCUT2D eigenvalue weighted by Crippen LogP contribution is 2.28. The van der Waals surface area contributed by atoms with Crippen LogP contribution in [0.5, 0.6) is 0 Å². The van der Waals surface area contributed by atoms with Gasteiger partial charge in [0, 0.05) is 19.1 Å². The zero-order valence-corrected chi connectivity index (χ0v) is 11.0. The Morgan fingerprint density at radius 3 is 2.59 bits per heavy atom. The number of piperidine rings is 1. The average Bonchev–Trinajstić information content (AvgIpc) is 2.33. The van der Waals surface area contributed by atoms with Crippen LogP contribution in [0.2, 0.25) is 5.15 Å². The van der Waals surface area contributed by atoms with Crippen molar-refractivity contribution in [2.24, 2.45) is 0 Å². The molecule has 0 unspecified atom stereocenters. The van der Waals surface area contributed by atoms with Gasteiger partial charge in [-0.25, -0.2) is 9.97 Å². The molecule has 0 spiro atoms. The first-order valence-electron chi connectivity index (χ1n) is 5.77. The average molecular weight is 256 g/mol. The van der Waals surface area contributed by atoms with E-state index in [0.717, 1.165) is 31.7 Å². The third-order valence-corrected chi connectivity index (χ3v) is 3.61. The number of anilines is 2. The molecular weight excluding hydrogens is 238 g/mol. The fraction of sp³-hybridized carbons (Fsp3) is 0.636. The lowest BCUT2D eigenvalue weighted by Gasteiger charge is -2.36. The monoisotopic (exact) mass is 255 g/mol. The maximum Gasteiger partial charge on any atom is 0.157 e. The summed E-state index contributed by atoms with van der Waals surface area (Å²) in [5.41, 5.74) is 6.38. The van der Waals surface area contributed by atoms with Crippen LogP contribution in [0.25, 0.3) is 0 Å². The Kier molecular flexibility index (Phi) is 3.69. The molecule has 17 heavy (non-hydrogen) atoms. The number of nitrogens with zero attached hydrogens (tertiary/aromatic N) is 4. The van der Waals surface area contributed by atoms with E-state index in [4.69, 9.17) is 17.3 Å². The Labute approximate surface area is 107 Å². The molecule has 2 rings (SSSR count). The normalized spacial score (nSPS) is 17.8. The summed E-state index contributed by atoms with van der Waals surface area (Å²) in [5.74, 6) is 0.766. The summed E-state index contributed by atoms with van der Waals surface area (Å²) in [4.78, 5) is 12.6. The fourth-order valence-electron chi connectivity index (χ4n) is 2.21. The Balaban J connectivity index is 2.08. The summed E-state index contributed by atoms with van der Waals surface area (Å²) >= 11 is 5.90. The van der Waals surface area contributed by atoms with E-state index in [0.29, 0.717) is 16.9 Å². The summed E-state index contributed by atoms with van der Waals surface area (Å²) < 4.78 is 0. The number of aromatic nitrogens is 2. The summed E-state index contributed by atoms with van der Waals surface area (Å²) in [7, 11) is 4.24. The minimum absolute atomic E-state index is 0.338. The van der Waals surface area contributed by atoms with Gasteiger partial charge in [-0.05, 0) is 26.9 Å². The number of hydrogen-bond acceptors (Lipinski definition) is 5. The lowest BCUT2D eigenvalue weighted by molar-refractivity contribution is 0.249. The van der Waals surface area contributed by atoms with E-state index in [1.165, 1.54) is 6.33 Å². The SMILES string of the molecule is CN(C)C1CCN(c2ncnc(Cl)c2N)CC1. The summed E-state index contributed by atoms with van der Waals surface area (Å²) in [6, 6.07) is 0.643. The van der Waals surface area contributed by atoms with Gasteiger partial charge in [0.2, 0.25) is 0 Å². The van der Waals surface area contributed by atoms with E-state index >= 15 is 0 Å². The molecule has 0 amide bonds. The molecule has 0 radical (unpaired) electrons. The molecule has 1 aromatic heterocycles. The molecule has 2 N–H and O–H groups in total. The van der Waals surface area contributed by atoms with Gasteiger partial charge in [0.05, 0.1) is 0 Å². The van der Waals surface area contributed by atoms with E-state index in [9.17, 15) is 0 Å². The van der Waals surface area contributed by atoms with Gasteiger partial charge in [-0.3, -0.25) is 0 Å². The van der Waals surface area contributed by atoms with Gasteiger partial charge in [-0.2, -0.15) is 0 Å². The van der Waals surface area contributed by atoms with Crippen LogP contribution in [-0.2, 0) is 0 Å². The van der Waals surface area contributed by atoms with Crippen molar-refractivity contribution in [3.05, 3.63) is 11.5 Å². The summed E-state index contributed by atoms with van der Waals surface area (Å²) in [5, 5.41) is 0.338. The predicted octanol–water partition coefficient (Wildman–Crippen LogP) is 1.24. The van der Waals surface area contributed by atoms with Crippen molar-refractivity contribution in [3.63, 3.8) is 0 Å². The van der Waals surface area contributed by atoms with Crippen molar-refractivity contribution in [1.29, 1.82) is 0 Å². The van der Waals surface area contributed by atoms with Gasteiger partial charge < -0.3 is 15.5 Å². The van der Waals surface area contributed by atoms with Crippen molar-refractivity contribution in [3.8, 4) is 0 Å². The maximum absolute atomic E-state index is 5.90. The molecule has 5 nitrogen and oxygen atoms in total. The van der Waals surface area contributed by atoms with E-state index in [-0.39, 0.29) is 0 Å². The van der Waals surface area contributed by atoms with Gasteiger partial charge in [-0.1, -0.05) is 11.6 Å². The van der Waals surface area contributed by atoms with Gasteiger partial charge >= 0.3 is 0 Å². The van der Waals surface area contributed by atoms with E-state index in [1.54, 1.807) is 0 Å². The zero-order chi connectivity index (χ0) is 12.4. The molecule has 1 fully saturated rings. The second-order valence-corrected chi connectivity index (χ2v) is 4.94. The van der Waals surface area contributed by atoms with Crippen LogP contribution in [0.1, 0.15) is 12.8 Å². The molecule has 1 aromatic rings. The first-order valence-corrected chi connectivity index (χ1v) is 6.14. The second kappa shape index (κ2) is 5.06. The smallest absolute Gasteiger partial charge is 0.157 e. The number of hydrogen-bond donors (Lipinski definition) is 1. The summed E-state index contributed by atoms with van der Waals surface area (Å²) in [6.45, 7) is 1.92. The molecule has 2 heterocycles. The van der Waals surface area contributed by atoms with Crippen LogP contribution in [-0.4, -0.2) is 48.1 Å². The highest BCUT2D eigenvalue weighted by molar-refractivity contribution is 6.32. The van der Waals surface area contributed by atoms with Crippen LogP contribution in [0.3, 0.4) is 0 Å². The molecule has 0 saturated carbocycles. The van der Waals surface area contributed by atoms with Crippen LogP contribution >= 0.6 is 11.6 Å². The van der Waals surface area contributed by atoms with Crippen LogP contribution in [0.4, 0.5) is 11.5 Å². The molecular formula is C11H18ClN5. The first-order chi connectivity index (χ1) is 8.09. The molecule has 0 aromatic carbocycles. The van der Waals surface area contributed by atoms with E-state index < -0.39 is 0 Å². The Bertz CT molecular complexity index is 387. The first kappa shape index (κ1) is 12.4. The topological polar surface area (TPSA) is 58.3 Å². The fourth-order valence-corrected chi connectivity index (χ4v) is 2.34. The van der Waals surface area contributed by atoms with Gasteiger partial charge in [0.15, 0.2) is 11.0 Å². The van der Waals surface area contributed by atoms with E-state index in [2.05, 4.69) is 33.9 Å². The highest BCUT2D eigenvalue weighted by Gasteiger charge is 2.23. The molecule has 0 aliphatic carbocycles. The lowest BCUT2D eigenvalue weighted by Crippen LogP contribution is -2.42.